The third-order valence-corrected chi connectivity index (χ3v) is 2.11. The molecule has 0 aliphatic heterocycles. The third kappa shape index (κ3) is 3.74. The van der Waals surface area contributed by atoms with Crippen LogP contribution < -0.4 is 5.32 Å². The van der Waals surface area contributed by atoms with E-state index in [1.807, 2.05) is 45.0 Å². The maximum Gasteiger partial charge on any atom is 0.251 e. The van der Waals surface area contributed by atoms with Crippen molar-refractivity contribution in [2.75, 3.05) is 0 Å². The van der Waals surface area contributed by atoms with E-state index in [9.17, 15) is 4.79 Å². The number of hydrogen-bond donors (Lipinski definition) is 1. The second-order valence-electron chi connectivity index (χ2n) is 4.75. The summed E-state index contributed by atoms with van der Waals surface area (Å²) < 4.78 is 0. The van der Waals surface area contributed by atoms with Crippen molar-refractivity contribution in [2.24, 2.45) is 0 Å². The summed E-state index contributed by atoms with van der Waals surface area (Å²) in [6.07, 6.45) is 1.00. The Balaban J connectivity index is 2.75. The van der Waals surface area contributed by atoms with Crippen molar-refractivity contribution >= 4 is 5.91 Å². The summed E-state index contributed by atoms with van der Waals surface area (Å²) in [6, 6.07) is 7.74. The van der Waals surface area contributed by atoms with Gasteiger partial charge < -0.3 is 5.32 Å². The summed E-state index contributed by atoms with van der Waals surface area (Å²) in [7, 11) is 0. The van der Waals surface area contributed by atoms with E-state index in [1.165, 1.54) is 5.56 Å². The Bertz CT molecular complexity index is 333. The van der Waals surface area contributed by atoms with Gasteiger partial charge in [0.2, 0.25) is 0 Å². The van der Waals surface area contributed by atoms with Crippen LogP contribution in [0.2, 0.25) is 0 Å². The Morgan fingerprint density at radius 2 is 1.73 bits per heavy atom. The molecule has 0 saturated heterocycles. The highest BCUT2D eigenvalue weighted by atomic mass is 16.1. The fourth-order valence-corrected chi connectivity index (χ4v) is 1.30. The molecule has 1 aromatic rings. The highest BCUT2D eigenvalue weighted by molar-refractivity contribution is 5.94. The van der Waals surface area contributed by atoms with Gasteiger partial charge in [0, 0.05) is 11.1 Å². The quantitative estimate of drug-likeness (QED) is 0.790. The van der Waals surface area contributed by atoms with Crippen molar-refractivity contribution in [2.45, 2.75) is 39.7 Å². The summed E-state index contributed by atoms with van der Waals surface area (Å²) in [5, 5.41) is 2.93. The maximum absolute atomic E-state index is 11.7. The molecule has 1 aromatic carbocycles. The lowest BCUT2D eigenvalue weighted by Crippen LogP contribution is -2.40. The second kappa shape index (κ2) is 4.47. The summed E-state index contributed by atoms with van der Waals surface area (Å²) >= 11 is 0. The zero-order valence-electron chi connectivity index (χ0n) is 9.92. The Labute approximate surface area is 91.7 Å². The molecule has 1 rings (SSSR count). The molecule has 0 radical (unpaired) electrons. The van der Waals surface area contributed by atoms with Crippen LogP contribution in [0.1, 0.15) is 43.6 Å². The molecule has 0 atom stereocenters. The first-order valence-electron chi connectivity index (χ1n) is 5.34. The van der Waals surface area contributed by atoms with E-state index in [1.54, 1.807) is 0 Å². The summed E-state index contributed by atoms with van der Waals surface area (Å²) in [6.45, 7) is 8.03. The zero-order chi connectivity index (χ0) is 11.5. The van der Waals surface area contributed by atoms with E-state index in [0.717, 1.165) is 12.0 Å². The summed E-state index contributed by atoms with van der Waals surface area (Å²) in [5.74, 6) is -0.00912. The number of amides is 1. The van der Waals surface area contributed by atoms with E-state index < -0.39 is 0 Å². The monoisotopic (exact) mass is 205 g/mol. The van der Waals surface area contributed by atoms with E-state index in [0.29, 0.717) is 0 Å². The van der Waals surface area contributed by atoms with Crippen LogP contribution in [0, 0.1) is 0 Å². The van der Waals surface area contributed by atoms with Crippen molar-refractivity contribution in [3.05, 3.63) is 35.4 Å². The molecule has 0 fully saturated rings. The van der Waals surface area contributed by atoms with Crippen LogP contribution >= 0.6 is 0 Å². The molecule has 0 saturated carbocycles. The summed E-state index contributed by atoms with van der Waals surface area (Å²) in [4.78, 5) is 11.7. The average molecular weight is 205 g/mol. The first-order valence-corrected chi connectivity index (χ1v) is 5.34. The molecule has 0 aliphatic rings. The molecule has 1 amide bonds. The van der Waals surface area contributed by atoms with Gasteiger partial charge in [-0.2, -0.15) is 0 Å². The molecule has 1 N–H and O–H groups in total. The second-order valence-corrected chi connectivity index (χ2v) is 4.75. The molecule has 82 valence electrons. The number of carbonyl (C=O) groups excluding carboxylic acids is 1. The Morgan fingerprint density at radius 3 is 2.13 bits per heavy atom. The highest BCUT2D eigenvalue weighted by Gasteiger charge is 2.14. The number of benzene rings is 1. The van der Waals surface area contributed by atoms with Crippen LogP contribution in [0.15, 0.2) is 24.3 Å². The van der Waals surface area contributed by atoms with Crippen molar-refractivity contribution in [1.29, 1.82) is 0 Å². The standard InChI is InChI=1S/C13H19NO/c1-5-10-6-8-11(9-7-10)12(15)14-13(2,3)4/h6-9H,5H2,1-4H3,(H,14,15). The van der Waals surface area contributed by atoms with E-state index in [2.05, 4.69) is 12.2 Å². The van der Waals surface area contributed by atoms with Crippen molar-refractivity contribution < 1.29 is 4.79 Å². The van der Waals surface area contributed by atoms with Crippen molar-refractivity contribution in [1.82, 2.24) is 5.32 Å². The van der Waals surface area contributed by atoms with Crippen LogP contribution in [0.3, 0.4) is 0 Å². The molecule has 0 heterocycles. The first kappa shape index (κ1) is 11.8. The largest absolute Gasteiger partial charge is 0.347 e. The lowest BCUT2D eigenvalue weighted by molar-refractivity contribution is 0.0919. The number of carbonyl (C=O) groups is 1. The molecular weight excluding hydrogens is 186 g/mol. The Hall–Kier alpha value is -1.31. The van der Waals surface area contributed by atoms with Gasteiger partial charge in [0.25, 0.3) is 5.91 Å². The number of nitrogens with one attached hydrogen (secondary N) is 1. The zero-order valence-corrected chi connectivity index (χ0v) is 9.92. The van der Waals surface area contributed by atoms with Crippen LogP contribution in [-0.2, 0) is 6.42 Å². The molecular formula is C13H19NO. The van der Waals surface area contributed by atoms with Gasteiger partial charge in [-0.1, -0.05) is 19.1 Å². The SMILES string of the molecule is CCc1ccc(C(=O)NC(C)(C)C)cc1. The fraction of sp³-hybridized carbons (Fsp3) is 0.462. The minimum absolute atomic E-state index is 0.00912. The molecule has 0 aliphatic carbocycles. The maximum atomic E-state index is 11.7. The predicted octanol–water partition coefficient (Wildman–Crippen LogP) is 2.78. The number of hydrogen-bond acceptors (Lipinski definition) is 1. The van der Waals surface area contributed by atoms with Gasteiger partial charge in [0.1, 0.15) is 0 Å². The van der Waals surface area contributed by atoms with Crippen LogP contribution in [-0.4, -0.2) is 11.4 Å². The van der Waals surface area contributed by atoms with Gasteiger partial charge in [-0.15, -0.1) is 0 Å². The van der Waals surface area contributed by atoms with Gasteiger partial charge in [-0.25, -0.2) is 0 Å². The van der Waals surface area contributed by atoms with Gasteiger partial charge >= 0.3 is 0 Å². The minimum Gasteiger partial charge on any atom is -0.347 e. The van der Waals surface area contributed by atoms with Gasteiger partial charge in [0.05, 0.1) is 0 Å². The van der Waals surface area contributed by atoms with Crippen molar-refractivity contribution in [3.63, 3.8) is 0 Å². The number of aryl methyl sites for hydroxylation is 1. The molecule has 0 unspecified atom stereocenters. The molecule has 0 spiro atoms. The average Bonchev–Trinajstić information content (AvgIpc) is 2.15. The smallest absolute Gasteiger partial charge is 0.251 e. The Kier molecular flexibility index (Phi) is 3.51. The van der Waals surface area contributed by atoms with Crippen molar-refractivity contribution in [3.8, 4) is 0 Å². The van der Waals surface area contributed by atoms with E-state index in [-0.39, 0.29) is 11.4 Å². The molecule has 15 heavy (non-hydrogen) atoms. The molecule has 2 heteroatoms. The lowest BCUT2D eigenvalue weighted by atomic mass is 10.1. The van der Waals surface area contributed by atoms with E-state index in [4.69, 9.17) is 0 Å². The molecule has 0 bridgehead atoms. The van der Waals surface area contributed by atoms with Crippen LogP contribution in [0.4, 0.5) is 0 Å². The fourth-order valence-electron chi connectivity index (χ4n) is 1.30. The molecule has 2 nitrogen and oxygen atoms in total. The normalized spacial score (nSPS) is 11.2. The third-order valence-electron chi connectivity index (χ3n) is 2.11. The van der Waals surface area contributed by atoms with E-state index >= 15 is 0 Å². The highest BCUT2D eigenvalue weighted by Crippen LogP contribution is 2.07. The van der Waals surface area contributed by atoms with Crippen LogP contribution in [0.5, 0.6) is 0 Å². The van der Waals surface area contributed by atoms with Crippen LogP contribution in [0.25, 0.3) is 0 Å². The predicted molar refractivity (Wildman–Crippen MR) is 63.0 cm³/mol. The number of rotatable bonds is 2. The topological polar surface area (TPSA) is 29.1 Å². The summed E-state index contributed by atoms with van der Waals surface area (Å²) in [5.41, 5.74) is 1.80. The van der Waals surface area contributed by atoms with Gasteiger partial charge in [-0.05, 0) is 44.9 Å². The Morgan fingerprint density at radius 1 is 1.20 bits per heavy atom. The van der Waals surface area contributed by atoms with Gasteiger partial charge in [-0.3, -0.25) is 4.79 Å². The first-order chi connectivity index (χ1) is 6.92. The molecule has 0 aromatic heterocycles. The van der Waals surface area contributed by atoms with Gasteiger partial charge in [0.15, 0.2) is 0 Å². The lowest BCUT2D eigenvalue weighted by Gasteiger charge is -2.20. The minimum atomic E-state index is -0.180.